The van der Waals surface area contributed by atoms with Gasteiger partial charge in [-0.1, -0.05) is 81.8 Å². The van der Waals surface area contributed by atoms with Crippen molar-refractivity contribution >= 4 is 34.2 Å². The molecule has 1 N–H and O–H groups in total. The van der Waals surface area contributed by atoms with Gasteiger partial charge in [-0.25, -0.2) is 0 Å². The van der Waals surface area contributed by atoms with E-state index in [9.17, 15) is 4.39 Å². The Labute approximate surface area is 227 Å². The van der Waals surface area contributed by atoms with Crippen LogP contribution in [0.2, 0.25) is 0 Å². The minimum absolute atomic E-state index is 0.0338. The third kappa shape index (κ3) is 5.07. The van der Waals surface area contributed by atoms with Crippen molar-refractivity contribution in [3.05, 3.63) is 113 Å². The molecule has 6 heteroatoms. The first-order valence-corrected chi connectivity index (χ1v) is 13.4. The zero-order chi connectivity index (χ0) is 27.0. The maximum absolute atomic E-state index is 14.6. The van der Waals surface area contributed by atoms with Crippen LogP contribution in [-0.2, 0) is 5.41 Å². The Bertz CT molecular complexity index is 1670. The molecule has 0 amide bonds. The number of rotatable bonds is 6. The Balaban J connectivity index is 1.54. The third-order valence-corrected chi connectivity index (χ3v) is 7.61. The van der Waals surface area contributed by atoms with Crippen molar-refractivity contribution in [3.8, 4) is 0 Å². The summed E-state index contributed by atoms with van der Waals surface area (Å²) >= 11 is 0. The maximum Gasteiger partial charge on any atom is 0.240 e. The average Bonchev–Trinajstić information content (AvgIpc) is 3.56. The molecule has 0 radical (unpaired) electrons. The maximum atomic E-state index is 14.6. The highest BCUT2D eigenvalue weighted by molar-refractivity contribution is 6.01. The van der Waals surface area contributed by atoms with Gasteiger partial charge < -0.3 is 4.42 Å². The number of H-pyrrole nitrogens is 1. The van der Waals surface area contributed by atoms with Crippen LogP contribution in [-0.4, -0.2) is 20.4 Å². The van der Waals surface area contributed by atoms with Crippen LogP contribution in [0.1, 0.15) is 73.7 Å². The van der Waals surface area contributed by atoms with Gasteiger partial charge in [-0.2, -0.15) is 9.49 Å². The summed E-state index contributed by atoms with van der Waals surface area (Å²) in [6, 6.07) is 23.3. The normalized spacial score (nSPS) is 15.1. The van der Waals surface area contributed by atoms with Gasteiger partial charge in [-0.3, -0.25) is 5.10 Å². The molecule has 0 spiro atoms. The average molecular weight is 519 g/mol. The van der Waals surface area contributed by atoms with Crippen LogP contribution in [0.4, 0.5) is 4.39 Å². The van der Waals surface area contributed by atoms with Crippen LogP contribution < -0.4 is 0 Å². The van der Waals surface area contributed by atoms with Gasteiger partial charge in [0, 0.05) is 6.08 Å². The van der Waals surface area contributed by atoms with Crippen LogP contribution in [0.25, 0.3) is 34.2 Å². The van der Waals surface area contributed by atoms with E-state index in [1.54, 1.807) is 6.08 Å². The minimum Gasteiger partial charge on any atom is -0.424 e. The van der Waals surface area contributed by atoms with Gasteiger partial charge in [-0.15, -0.1) is 10.2 Å². The largest absolute Gasteiger partial charge is 0.424 e. The van der Waals surface area contributed by atoms with Gasteiger partial charge in [0.2, 0.25) is 18.2 Å². The predicted octanol–water partition coefficient (Wildman–Crippen LogP) is 8.31. The smallest absolute Gasteiger partial charge is 0.240 e. The van der Waals surface area contributed by atoms with Crippen molar-refractivity contribution in [1.82, 2.24) is 20.4 Å². The quantitative estimate of drug-likeness (QED) is 0.230. The zero-order valence-electron chi connectivity index (χ0n) is 22.4. The molecule has 1 aliphatic rings. The first-order valence-electron chi connectivity index (χ1n) is 13.4. The second kappa shape index (κ2) is 10.1. The molecular weight excluding hydrogens is 487 g/mol. The minimum atomic E-state index is -0.410. The van der Waals surface area contributed by atoms with Crippen LogP contribution in [0.5, 0.6) is 0 Å². The molecule has 0 atom stereocenters. The first kappa shape index (κ1) is 25.0. The third-order valence-electron chi connectivity index (χ3n) is 7.61. The molecule has 39 heavy (non-hydrogen) atoms. The second-order valence-electron chi connectivity index (χ2n) is 11.2. The fraction of sp³-hybridized carbons (Fsp3) is 0.242. The van der Waals surface area contributed by atoms with Gasteiger partial charge in [0.15, 0.2) is 0 Å². The number of hydrogen-bond acceptors (Lipinski definition) is 4. The summed E-state index contributed by atoms with van der Waals surface area (Å²) in [6.45, 7) is 6.74. The standard InChI is InChI=1S/C33H31FN4O/c1-33(2,3)26-9-5-8-24(18-26)30(22-6-4-7-22)31(25-15-16-28-27(19-25)32(34)38-36-28)23-13-10-21(11-14-23)12-17-29-37-35-20-39-29/h5,8-20,22H,4,6-7H2,1-3H3,(H,36,38)/b17-12+,31-30+. The highest BCUT2D eigenvalue weighted by Gasteiger charge is 2.28. The molecule has 3 aromatic carbocycles. The number of nitrogens with one attached hydrogen (secondary N) is 1. The van der Waals surface area contributed by atoms with Gasteiger partial charge >= 0.3 is 0 Å². The number of halogens is 1. The Morgan fingerprint density at radius 1 is 0.949 bits per heavy atom. The van der Waals surface area contributed by atoms with Gasteiger partial charge in [0.1, 0.15) is 0 Å². The lowest BCUT2D eigenvalue weighted by Gasteiger charge is -2.32. The molecule has 0 unspecified atom stereocenters. The van der Waals surface area contributed by atoms with E-state index in [4.69, 9.17) is 4.42 Å². The van der Waals surface area contributed by atoms with Crippen LogP contribution in [0.3, 0.4) is 0 Å². The van der Waals surface area contributed by atoms with Gasteiger partial charge in [0.25, 0.3) is 0 Å². The number of allylic oxidation sites excluding steroid dienone is 1. The Morgan fingerprint density at radius 2 is 1.74 bits per heavy atom. The number of hydrogen-bond donors (Lipinski definition) is 1. The summed E-state index contributed by atoms with van der Waals surface area (Å²) in [4.78, 5) is 0. The molecule has 6 rings (SSSR count). The van der Waals surface area contributed by atoms with Crippen molar-refractivity contribution in [2.75, 3.05) is 0 Å². The van der Waals surface area contributed by atoms with E-state index in [0.29, 0.717) is 22.7 Å². The monoisotopic (exact) mass is 518 g/mol. The summed E-state index contributed by atoms with van der Waals surface area (Å²) in [5, 5.41) is 14.7. The lowest BCUT2D eigenvalue weighted by Crippen LogP contribution is -2.16. The topological polar surface area (TPSA) is 67.6 Å². The van der Waals surface area contributed by atoms with E-state index < -0.39 is 5.95 Å². The fourth-order valence-corrected chi connectivity index (χ4v) is 5.23. The van der Waals surface area contributed by atoms with Crippen molar-refractivity contribution in [3.63, 3.8) is 0 Å². The van der Waals surface area contributed by atoms with E-state index in [2.05, 4.69) is 95.8 Å². The number of nitrogens with zero attached hydrogens (tertiary/aromatic N) is 3. The fourth-order valence-electron chi connectivity index (χ4n) is 5.23. The molecule has 1 fully saturated rings. The predicted molar refractivity (Wildman–Crippen MR) is 154 cm³/mol. The second-order valence-corrected chi connectivity index (χ2v) is 11.2. The van der Waals surface area contributed by atoms with E-state index >= 15 is 0 Å². The summed E-state index contributed by atoms with van der Waals surface area (Å²) in [6.07, 6.45) is 8.57. The molecule has 2 aromatic heterocycles. The van der Waals surface area contributed by atoms with Crippen molar-refractivity contribution in [1.29, 1.82) is 0 Å². The molecule has 5 aromatic rings. The van der Waals surface area contributed by atoms with Gasteiger partial charge in [0.05, 0.1) is 10.9 Å². The van der Waals surface area contributed by atoms with Crippen LogP contribution >= 0.6 is 0 Å². The molecule has 0 aliphatic heterocycles. The number of benzene rings is 3. The van der Waals surface area contributed by atoms with Crippen molar-refractivity contribution < 1.29 is 8.81 Å². The number of aromatic amines is 1. The summed E-state index contributed by atoms with van der Waals surface area (Å²) < 4.78 is 19.8. The highest BCUT2D eigenvalue weighted by atomic mass is 19.1. The molecule has 0 bridgehead atoms. The first-order chi connectivity index (χ1) is 18.9. The highest BCUT2D eigenvalue weighted by Crippen LogP contribution is 2.46. The van der Waals surface area contributed by atoms with E-state index in [1.807, 2.05) is 18.2 Å². The van der Waals surface area contributed by atoms with Crippen LogP contribution in [0, 0.1) is 11.9 Å². The zero-order valence-corrected chi connectivity index (χ0v) is 22.4. The molecule has 2 heterocycles. The van der Waals surface area contributed by atoms with E-state index in [1.165, 1.54) is 29.5 Å². The molecule has 196 valence electrons. The van der Waals surface area contributed by atoms with E-state index in [-0.39, 0.29) is 5.41 Å². The van der Waals surface area contributed by atoms with Gasteiger partial charge in [-0.05, 0) is 81.3 Å². The lowest BCUT2D eigenvalue weighted by molar-refractivity contribution is 0.401. The molecule has 1 saturated carbocycles. The Kier molecular flexibility index (Phi) is 6.47. The summed E-state index contributed by atoms with van der Waals surface area (Å²) in [5.74, 6) is 0.492. The lowest BCUT2D eigenvalue weighted by atomic mass is 9.72. The Morgan fingerprint density at radius 3 is 2.44 bits per heavy atom. The van der Waals surface area contributed by atoms with Crippen LogP contribution in [0.15, 0.2) is 77.5 Å². The Hall–Kier alpha value is -4.32. The van der Waals surface area contributed by atoms with Crippen molar-refractivity contribution in [2.24, 2.45) is 5.92 Å². The molecule has 5 nitrogen and oxygen atoms in total. The number of fused-ring (bicyclic) bond motifs is 1. The SMILES string of the molecule is CC(C)(C)c1cccc(/C(=C(\c2ccc(/C=C/c3nnco3)cc2)c2ccc3n[nH]c(F)c3c2)C2CCC2)c1. The number of aromatic nitrogens is 4. The van der Waals surface area contributed by atoms with E-state index in [0.717, 1.165) is 35.1 Å². The summed E-state index contributed by atoms with van der Waals surface area (Å²) in [5.41, 5.74) is 8.75. The molecule has 0 saturated heterocycles. The van der Waals surface area contributed by atoms with Crippen molar-refractivity contribution in [2.45, 2.75) is 45.4 Å². The molecule has 1 aliphatic carbocycles. The molecular formula is C33H31FN4O. The summed E-state index contributed by atoms with van der Waals surface area (Å²) in [7, 11) is 0.